The highest BCUT2D eigenvalue weighted by Gasteiger charge is 2.10. The van der Waals surface area contributed by atoms with E-state index in [0.29, 0.717) is 5.92 Å². The monoisotopic (exact) mass is 225 g/mol. The molecule has 2 unspecified atom stereocenters. The van der Waals surface area contributed by atoms with Gasteiger partial charge in [-0.05, 0) is 37.9 Å². The van der Waals surface area contributed by atoms with Crippen molar-refractivity contribution in [3.05, 3.63) is 23.7 Å². The number of rotatable bonds is 7. The van der Waals surface area contributed by atoms with Gasteiger partial charge in [0.2, 0.25) is 0 Å². The van der Waals surface area contributed by atoms with Crippen LogP contribution in [-0.4, -0.2) is 18.3 Å². The lowest BCUT2D eigenvalue weighted by molar-refractivity contribution is 0.257. The fourth-order valence-electron chi connectivity index (χ4n) is 1.62. The Labute approximate surface area is 97.9 Å². The van der Waals surface area contributed by atoms with Crippen molar-refractivity contribution in [1.29, 1.82) is 0 Å². The number of aryl methyl sites for hydroxylation is 1. The lowest BCUT2D eigenvalue weighted by Crippen LogP contribution is -2.24. The fraction of sp³-hybridized carbons (Fsp3) is 0.692. The van der Waals surface area contributed by atoms with E-state index in [1.165, 1.54) is 0 Å². The Morgan fingerprint density at radius 2 is 2.12 bits per heavy atom. The molecular formula is C13H23NO2. The van der Waals surface area contributed by atoms with Gasteiger partial charge in [0.15, 0.2) is 0 Å². The van der Waals surface area contributed by atoms with Gasteiger partial charge in [-0.2, -0.15) is 0 Å². The first-order valence-corrected chi connectivity index (χ1v) is 6.10. The standard InChI is InChI=1S/C13H23NO2/c1-4-12-5-6-13(16-12)11(3)14-9-10(2)7-8-15/h5-6,10-11,14-15H,4,7-9H2,1-3H3. The zero-order chi connectivity index (χ0) is 12.0. The van der Waals surface area contributed by atoms with Crippen molar-refractivity contribution in [2.75, 3.05) is 13.2 Å². The van der Waals surface area contributed by atoms with Gasteiger partial charge >= 0.3 is 0 Å². The summed E-state index contributed by atoms with van der Waals surface area (Å²) in [5.74, 6) is 2.52. The quantitative estimate of drug-likeness (QED) is 0.749. The van der Waals surface area contributed by atoms with E-state index >= 15 is 0 Å². The topological polar surface area (TPSA) is 45.4 Å². The molecule has 16 heavy (non-hydrogen) atoms. The lowest BCUT2D eigenvalue weighted by Gasteiger charge is -2.15. The number of hydrogen-bond donors (Lipinski definition) is 2. The van der Waals surface area contributed by atoms with Crippen molar-refractivity contribution < 1.29 is 9.52 Å². The normalized spacial score (nSPS) is 15.0. The summed E-state index contributed by atoms with van der Waals surface area (Å²) in [6.45, 7) is 7.49. The predicted octanol–water partition coefficient (Wildman–Crippen LogP) is 2.51. The molecule has 0 saturated carbocycles. The minimum atomic E-state index is 0.237. The molecule has 0 aliphatic carbocycles. The number of hydrogen-bond acceptors (Lipinski definition) is 3. The summed E-state index contributed by atoms with van der Waals surface area (Å²) in [5, 5.41) is 12.2. The summed E-state index contributed by atoms with van der Waals surface area (Å²) in [6.07, 6.45) is 1.78. The summed E-state index contributed by atoms with van der Waals surface area (Å²) in [6, 6.07) is 4.30. The van der Waals surface area contributed by atoms with Gasteiger partial charge in [0.05, 0.1) is 6.04 Å². The SMILES string of the molecule is CCc1ccc(C(C)NCC(C)CCO)o1. The smallest absolute Gasteiger partial charge is 0.120 e. The van der Waals surface area contributed by atoms with Crippen LogP contribution in [0.1, 0.15) is 44.8 Å². The lowest BCUT2D eigenvalue weighted by atomic mass is 10.1. The van der Waals surface area contributed by atoms with E-state index in [2.05, 4.69) is 26.1 Å². The van der Waals surface area contributed by atoms with Crippen LogP contribution < -0.4 is 5.32 Å². The van der Waals surface area contributed by atoms with Crippen LogP contribution in [0.4, 0.5) is 0 Å². The van der Waals surface area contributed by atoms with Crippen LogP contribution in [0.5, 0.6) is 0 Å². The summed E-state index contributed by atoms with van der Waals surface area (Å²) in [7, 11) is 0. The number of aliphatic hydroxyl groups excluding tert-OH is 1. The Hall–Kier alpha value is -0.800. The third kappa shape index (κ3) is 3.99. The minimum Gasteiger partial charge on any atom is -0.464 e. The molecule has 3 heteroatoms. The Balaban J connectivity index is 2.37. The van der Waals surface area contributed by atoms with Crippen LogP contribution >= 0.6 is 0 Å². The molecule has 0 aliphatic heterocycles. The van der Waals surface area contributed by atoms with Gasteiger partial charge in [0, 0.05) is 13.0 Å². The van der Waals surface area contributed by atoms with Crippen LogP contribution in [0.25, 0.3) is 0 Å². The van der Waals surface area contributed by atoms with E-state index in [-0.39, 0.29) is 12.6 Å². The highest BCUT2D eigenvalue weighted by molar-refractivity contribution is 5.10. The van der Waals surface area contributed by atoms with Crippen LogP contribution in [0.15, 0.2) is 16.5 Å². The molecule has 1 heterocycles. The highest BCUT2D eigenvalue weighted by atomic mass is 16.3. The first kappa shape index (κ1) is 13.3. The molecule has 2 N–H and O–H groups in total. The highest BCUT2D eigenvalue weighted by Crippen LogP contribution is 2.16. The molecule has 1 aromatic rings. The summed E-state index contributed by atoms with van der Waals surface area (Å²) >= 11 is 0. The molecule has 92 valence electrons. The molecule has 3 nitrogen and oxygen atoms in total. The Morgan fingerprint density at radius 3 is 2.69 bits per heavy atom. The molecule has 0 fully saturated rings. The van der Waals surface area contributed by atoms with Crippen molar-refractivity contribution in [2.45, 2.75) is 39.7 Å². The van der Waals surface area contributed by atoms with E-state index in [9.17, 15) is 0 Å². The second-order valence-electron chi connectivity index (χ2n) is 4.41. The molecule has 0 amide bonds. The Kier molecular flexibility index (Phi) is 5.56. The molecule has 0 aliphatic rings. The Bertz CT molecular complexity index is 296. The van der Waals surface area contributed by atoms with E-state index in [1.807, 2.05) is 12.1 Å². The maximum Gasteiger partial charge on any atom is 0.120 e. The third-order valence-corrected chi connectivity index (χ3v) is 2.85. The second-order valence-corrected chi connectivity index (χ2v) is 4.41. The summed E-state index contributed by atoms with van der Waals surface area (Å²) in [4.78, 5) is 0. The summed E-state index contributed by atoms with van der Waals surface area (Å²) in [5.41, 5.74) is 0. The van der Waals surface area contributed by atoms with Crippen molar-refractivity contribution in [3.8, 4) is 0 Å². The largest absolute Gasteiger partial charge is 0.464 e. The summed E-state index contributed by atoms with van der Waals surface area (Å²) < 4.78 is 5.67. The van der Waals surface area contributed by atoms with Gasteiger partial charge in [0.1, 0.15) is 11.5 Å². The first-order chi connectivity index (χ1) is 7.67. The molecule has 0 spiro atoms. The maximum absolute atomic E-state index is 8.81. The van der Waals surface area contributed by atoms with E-state index < -0.39 is 0 Å². The van der Waals surface area contributed by atoms with Gasteiger partial charge in [-0.1, -0.05) is 13.8 Å². The van der Waals surface area contributed by atoms with Crippen molar-refractivity contribution >= 4 is 0 Å². The molecule has 2 atom stereocenters. The molecular weight excluding hydrogens is 202 g/mol. The van der Waals surface area contributed by atoms with E-state index in [1.54, 1.807) is 0 Å². The van der Waals surface area contributed by atoms with Gasteiger partial charge < -0.3 is 14.8 Å². The number of furan rings is 1. The molecule has 0 aromatic carbocycles. The van der Waals surface area contributed by atoms with Crippen molar-refractivity contribution in [1.82, 2.24) is 5.32 Å². The zero-order valence-electron chi connectivity index (χ0n) is 10.5. The van der Waals surface area contributed by atoms with Crippen LogP contribution in [0, 0.1) is 5.92 Å². The van der Waals surface area contributed by atoms with E-state index in [0.717, 1.165) is 30.9 Å². The molecule has 0 bridgehead atoms. The molecule has 1 aromatic heterocycles. The Morgan fingerprint density at radius 1 is 1.38 bits per heavy atom. The fourth-order valence-corrected chi connectivity index (χ4v) is 1.62. The second kappa shape index (κ2) is 6.71. The van der Waals surface area contributed by atoms with Crippen molar-refractivity contribution in [3.63, 3.8) is 0 Å². The first-order valence-electron chi connectivity index (χ1n) is 6.10. The third-order valence-electron chi connectivity index (χ3n) is 2.85. The van der Waals surface area contributed by atoms with Gasteiger partial charge in [-0.3, -0.25) is 0 Å². The number of nitrogens with one attached hydrogen (secondary N) is 1. The minimum absolute atomic E-state index is 0.237. The van der Waals surface area contributed by atoms with Crippen LogP contribution in [0.2, 0.25) is 0 Å². The van der Waals surface area contributed by atoms with Gasteiger partial charge in [0.25, 0.3) is 0 Å². The van der Waals surface area contributed by atoms with Crippen LogP contribution in [0.3, 0.4) is 0 Å². The number of aliphatic hydroxyl groups is 1. The molecule has 1 rings (SSSR count). The maximum atomic E-state index is 8.81. The average molecular weight is 225 g/mol. The van der Waals surface area contributed by atoms with Crippen LogP contribution in [-0.2, 0) is 6.42 Å². The average Bonchev–Trinajstić information content (AvgIpc) is 2.75. The molecule has 0 saturated heterocycles. The molecule has 0 radical (unpaired) electrons. The zero-order valence-corrected chi connectivity index (χ0v) is 10.5. The van der Waals surface area contributed by atoms with Crippen molar-refractivity contribution in [2.24, 2.45) is 5.92 Å². The van der Waals surface area contributed by atoms with E-state index in [4.69, 9.17) is 9.52 Å². The van der Waals surface area contributed by atoms with Gasteiger partial charge in [-0.25, -0.2) is 0 Å². The van der Waals surface area contributed by atoms with Gasteiger partial charge in [-0.15, -0.1) is 0 Å². The predicted molar refractivity (Wildman–Crippen MR) is 65.4 cm³/mol.